The first-order chi connectivity index (χ1) is 25.7. The Morgan fingerprint density at radius 2 is 0.846 bits per heavy atom. The minimum Gasteiger partial charge on any atom is -0.256 e. The van der Waals surface area contributed by atoms with E-state index in [2.05, 4.69) is 158 Å². The molecule has 3 aromatic heterocycles. The smallest absolute Gasteiger partial charge is 0.160 e. The van der Waals surface area contributed by atoms with E-state index in [1.54, 1.807) is 0 Å². The molecule has 7 aromatic carbocycles. The third kappa shape index (κ3) is 5.34. The quantitative estimate of drug-likeness (QED) is 0.184. The van der Waals surface area contributed by atoms with Crippen molar-refractivity contribution in [2.75, 3.05) is 0 Å². The highest BCUT2D eigenvalue weighted by molar-refractivity contribution is 5.99. The number of pyridine rings is 2. The lowest BCUT2D eigenvalue weighted by Crippen LogP contribution is -1.98. The standard InChI is InChI=1S/C48H30N4/c1-2-15-35-30-49-45(28-34(35)14-1)37-25-36(44-24-23-33-13-5-8-22-43(33)50-44)26-38(27-37)48-51-46(41-20-9-16-31-11-3-6-18-39(31)41)29-47(52-48)42-21-10-17-32-12-4-7-19-40(32)42/h1-30H. The van der Waals surface area contributed by atoms with Crippen LogP contribution in [0.15, 0.2) is 182 Å². The number of aromatic nitrogens is 4. The predicted molar refractivity (Wildman–Crippen MR) is 215 cm³/mol. The molecule has 0 aliphatic heterocycles. The van der Waals surface area contributed by atoms with Crippen LogP contribution >= 0.6 is 0 Å². The van der Waals surface area contributed by atoms with Crippen LogP contribution in [0.25, 0.3) is 99.6 Å². The maximum atomic E-state index is 5.35. The molecule has 3 heterocycles. The number of hydrogen-bond donors (Lipinski definition) is 0. The van der Waals surface area contributed by atoms with Crippen molar-refractivity contribution in [1.82, 2.24) is 19.9 Å². The van der Waals surface area contributed by atoms with Gasteiger partial charge in [0.15, 0.2) is 5.82 Å². The van der Waals surface area contributed by atoms with Crippen LogP contribution in [-0.4, -0.2) is 19.9 Å². The van der Waals surface area contributed by atoms with Crippen LogP contribution in [0, 0.1) is 0 Å². The van der Waals surface area contributed by atoms with Crippen LogP contribution < -0.4 is 0 Å². The highest BCUT2D eigenvalue weighted by atomic mass is 14.9. The third-order valence-corrected chi connectivity index (χ3v) is 9.87. The van der Waals surface area contributed by atoms with Gasteiger partial charge in [0.2, 0.25) is 0 Å². The summed E-state index contributed by atoms with van der Waals surface area (Å²) in [5.41, 5.74) is 9.39. The van der Waals surface area contributed by atoms with Crippen LogP contribution in [0.3, 0.4) is 0 Å². The maximum Gasteiger partial charge on any atom is 0.160 e. The fourth-order valence-electron chi connectivity index (χ4n) is 7.27. The van der Waals surface area contributed by atoms with Gasteiger partial charge in [0, 0.05) is 44.8 Å². The number of para-hydroxylation sites is 1. The van der Waals surface area contributed by atoms with E-state index in [0.717, 1.165) is 83.0 Å². The normalized spacial score (nSPS) is 11.5. The van der Waals surface area contributed by atoms with E-state index in [-0.39, 0.29) is 0 Å². The lowest BCUT2D eigenvalue weighted by molar-refractivity contribution is 1.19. The second kappa shape index (κ2) is 12.4. The predicted octanol–water partition coefficient (Wildman–Crippen LogP) is 12.2. The van der Waals surface area contributed by atoms with E-state index in [1.165, 1.54) is 10.8 Å². The molecule has 0 amide bonds. The van der Waals surface area contributed by atoms with Crippen molar-refractivity contribution in [3.05, 3.63) is 182 Å². The highest BCUT2D eigenvalue weighted by Crippen LogP contribution is 2.37. The first-order valence-electron chi connectivity index (χ1n) is 17.5. The molecule has 52 heavy (non-hydrogen) atoms. The largest absolute Gasteiger partial charge is 0.256 e. The summed E-state index contributed by atoms with van der Waals surface area (Å²) in [6, 6.07) is 61.3. The van der Waals surface area contributed by atoms with Crippen LogP contribution in [0.1, 0.15) is 0 Å². The van der Waals surface area contributed by atoms with Gasteiger partial charge in [-0.1, -0.05) is 133 Å². The second-order valence-corrected chi connectivity index (χ2v) is 13.1. The molecule has 0 fully saturated rings. The molecule has 0 atom stereocenters. The summed E-state index contributed by atoms with van der Waals surface area (Å²) >= 11 is 0. The molecule has 0 spiro atoms. The van der Waals surface area contributed by atoms with E-state index < -0.39 is 0 Å². The molecule has 10 aromatic rings. The molecule has 0 radical (unpaired) electrons. The minimum atomic E-state index is 0.637. The summed E-state index contributed by atoms with van der Waals surface area (Å²) in [4.78, 5) is 20.7. The zero-order chi connectivity index (χ0) is 34.4. The topological polar surface area (TPSA) is 51.6 Å². The fourth-order valence-corrected chi connectivity index (χ4v) is 7.27. The average molecular weight is 663 g/mol. The summed E-state index contributed by atoms with van der Waals surface area (Å²) in [5, 5.41) is 7.97. The molecular formula is C48H30N4. The first kappa shape index (κ1) is 29.8. The average Bonchev–Trinajstić information content (AvgIpc) is 3.22. The Bertz CT molecular complexity index is 2780. The molecule has 0 aliphatic rings. The van der Waals surface area contributed by atoms with E-state index in [4.69, 9.17) is 19.9 Å². The Morgan fingerprint density at radius 3 is 1.54 bits per heavy atom. The molecule has 10 rings (SSSR count). The number of rotatable bonds is 5. The van der Waals surface area contributed by atoms with Gasteiger partial charge in [-0.3, -0.25) is 4.98 Å². The lowest BCUT2D eigenvalue weighted by Gasteiger charge is -2.14. The molecule has 0 saturated carbocycles. The summed E-state index contributed by atoms with van der Waals surface area (Å²) in [5.74, 6) is 0.637. The van der Waals surface area contributed by atoms with Crippen LogP contribution in [0.5, 0.6) is 0 Å². The Kier molecular flexibility index (Phi) is 7.10. The van der Waals surface area contributed by atoms with Gasteiger partial charge < -0.3 is 0 Å². The molecule has 0 bridgehead atoms. The van der Waals surface area contributed by atoms with Gasteiger partial charge in [-0.2, -0.15) is 0 Å². The SMILES string of the molecule is c1ccc2cc(-c3cc(-c4ccc5ccccc5n4)cc(-c4nc(-c5cccc6ccccc56)cc(-c5cccc6ccccc56)n4)c3)ncc2c1. The Balaban J connectivity index is 1.24. The van der Waals surface area contributed by atoms with Crippen molar-refractivity contribution >= 4 is 43.2 Å². The van der Waals surface area contributed by atoms with Crippen molar-refractivity contribution < 1.29 is 0 Å². The molecule has 4 heteroatoms. The van der Waals surface area contributed by atoms with Crippen LogP contribution in [0.4, 0.5) is 0 Å². The third-order valence-electron chi connectivity index (χ3n) is 9.87. The van der Waals surface area contributed by atoms with Gasteiger partial charge in [0.25, 0.3) is 0 Å². The number of fused-ring (bicyclic) bond motifs is 4. The number of nitrogens with zero attached hydrogens (tertiary/aromatic N) is 4. The number of benzene rings is 7. The Labute approximate surface area is 300 Å². The maximum absolute atomic E-state index is 5.35. The van der Waals surface area contributed by atoms with Crippen molar-refractivity contribution in [2.24, 2.45) is 0 Å². The van der Waals surface area contributed by atoms with Gasteiger partial charge in [-0.25, -0.2) is 15.0 Å². The highest BCUT2D eigenvalue weighted by Gasteiger charge is 2.17. The van der Waals surface area contributed by atoms with Crippen molar-refractivity contribution in [3.63, 3.8) is 0 Å². The van der Waals surface area contributed by atoms with E-state index in [9.17, 15) is 0 Å². The van der Waals surface area contributed by atoms with Crippen molar-refractivity contribution in [1.29, 1.82) is 0 Å². The zero-order valence-corrected chi connectivity index (χ0v) is 28.1. The van der Waals surface area contributed by atoms with Crippen molar-refractivity contribution in [3.8, 4) is 56.4 Å². The summed E-state index contributed by atoms with van der Waals surface area (Å²) in [6.07, 6.45) is 1.95. The fraction of sp³-hybridized carbons (Fsp3) is 0. The molecular weight excluding hydrogens is 633 g/mol. The Hall–Kier alpha value is -7.04. The van der Waals surface area contributed by atoms with Crippen LogP contribution in [-0.2, 0) is 0 Å². The van der Waals surface area contributed by atoms with Crippen molar-refractivity contribution in [2.45, 2.75) is 0 Å². The number of hydrogen-bond acceptors (Lipinski definition) is 4. The Morgan fingerprint density at radius 1 is 0.308 bits per heavy atom. The molecule has 0 unspecified atom stereocenters. The van der Waals surface area contributed by atoms with Gasteiger partial charge in [0.05, 0.1) is 28.3 Å². The molecule has 0 N–H and O–H groups in total. The summed E-state index contributed by atoms with van der Waals surface area (Å²) < 4.78 is 0. The molecule has 0 aliphatic carbocycles. The molecule has 242 valence electrons. The van der Waals surface area contributed by atoms with Gasteiger partial charge in [-0.15, -0.1) is 0 Å². The summed E-state index contributed by atoms with van der Waals surface area (Å²) in [6.45, 7) is 0. The minimum absolute atomic E-state index is 0.637. The van der Waals surface area contributed by atoms with Gasteiger partial charge in [0.1, 0.15) is 0 Å². The first-order valence-corrected chi connectivity index (χ1v) is 17.5. The molecule has 0 saturated heterocycles. The monoisotopic (exact) mass is 662 g/mol. The van der Waals surface area contributed by atoms with E-state index in [1.807, 2.05) is 24.4 Å². The molecule has 4 nitrogen and oxygen atoms in total. The summed E-state index contributed by atoms with van der Waals surface area (Å²) in [7, 11) is 0. The van der Waals surface area contributed by atoms with Gasteiger partial charge in [-0.05, 0) is 69.4 Å². The lowest BCUT2D eigenvalue weighted by atomic mass is 9.97. The van der Waals surface area contributed by atoms with Gasteiger partial charge >= 0.3 is 0 Å². The second-order valence-electron chi connectivity index (χ2n) is 13.1. The zero-order valence-electron chi connectivity index (χ0n) is 28.1. The van der Waals surface area contributed by atoms with E-state index in [0.29, 0.717) is 5.82 Å². The van der Waals surface area contributed by atoms with Crippen LogP contribution in [0.2, 0.25) is 0 Å². The van der Waals surface area contributed by atoms with E-state index >= 15 is 0 Å².